The Morgan fingerprint density at radius 2 is 0.936 bits per heavy atom. The molecule has 1 atom stereocenters. The summed E-state index contributed by atoms with van der Waals surface area (Å²) >= 11 is 0. The number of benzene rings is 7. The Morgan fingerprint density at radius 1 is 0.468 bits per heavy atom. The molecule has 2 nitrogen and oxygen atoms in total. The van der Waals surface area contributed by atoms with Gasteiger partial charge >= 0.3 is 0 Å². The Kier molecular flexibility index (Phi) is 7.34. The third-order valence-corrected chi connectivity index (χ3v) is 9.48. The van der Waals surface area contributed by atoms with Crippen molar-refractivity contribution in [3.63, 3.8) is 0 Å². The summed E-state index contributed by atoms with van der Waals surface area (Å²) < 4.78 is 0. The third kappa shape index (κ3) is 5.26. The summed E-state index contributed by atoms with van der Waals surface area (Å²) in [5, 5.41) is 5.03. The zero-order valence-electron chi connectivity index (χ0n) is 27.2. The lowest BCUT2D eigenvalue weighted by Gasteiger charge is -2.32. The van der Waals surface area contributed by atoms with E-state index in [1.807, 2.05) is 0 Å². The van der Waals surface area contributed by atoms with Gasteiger partial charge in [0.2, 0.25) is 0 Å². The monoisotopic (exact) mass is 606 g/mol. The molecular formula is C45H38N2. The molecule has 7 aromatic carbocycles. The minimum absolute atomic E-state index is 0.447. The molecule has 1 unspecified atom stereocenters. The van der Waals surface area contributed by atoms with E-state index < -0.39 is 0 Å². The van der Waals surface area contributed by atoms with E-state index in [1.165, 1.54) is 60.9 Å². The zero-order valence-corrected chi connectivity index (χ0v) is 27.2. The Balaban J connectivity index is 1.46. The first-order valence-corrected chi connectivity index (χ1v) is 16.6. The van der Waals surface area contributed by atoms with Crippen LogP contribution in [-0.4, -0.2) is 0 Å². The zero-order chi connectivity index (χ0) is 31.9. The lowest BCUT2D eigenvalue weighted by Crippen LogP contribution is -2.16. The van der Waals surface area contributed by atoms with Gasteiger partial charge in [0, 0.05) is 28.1 Å². The lowest BCUT2D eigenvalue weighted by molar-refractivity contribution is 0.718. The van der Waals surface area contributed by atoms with Crippen molar-refractivity contribution >= 4 is 61.7 Å². The van der Waals surface area contributed by atoms with Crippen LogP contribution in [0.1, 0.15) is 29.2 Å². The quantitative estimate of drug-likeness (QED) is 0.174. The van der Waals surface area contributed by atoms with Gasteiger partial charge in [-0.2, -0.15) is 0 Å². The number of para-hydroxylation sites is 2. The van der Waals surface area contributed by atoms with Gasteiger partial charge in [-0.25, -0.2) is 0 Å². The van der Waals surface area contributed by atoms with E-state index in [4.69, 9.17) is 0 Å². The summed E-state index contributed by atoms with van der Waals surface area (Å²) in [6.07, 6.45) is 5.74. The minimum Gasteiger partial charge on any atom is -0.310 e. The molecule has 0 N–H and O–H groups in total. The molecular weight excluding hydrogens is 569 g/mol. The van der Waals surface area contributed by atoms with Crippen LogP contribution in [0.15, 0.2) is 152 Å². The van der Waals surface area contributed by atoms with Crippen molar-refractivity contribution in [2.24, 2.45) is 5.92 Å². The second-order valence-electron chi connectivity index (χ2n) is 12.9. The highest BCUT2D eigenvalue weighted by Gasteiger charge is 2.25. The Bertz CT molecular complexity index is 2230. The number of rotatable bonds is 6. The fourth-order valence-corrected chi connectivity index (χ4v) is 7.12. The van der Waals surface area contributed by atoms with E-state index >= 15 is 0 Å². The van der Waals surface area contributed by atoms with E-state index in [1.54, 1.807) is 0 Å². The van der Waals surface area contributed by atoms with Crippen LogP contribution in [0, 0.1) is 19.8 Å². The number of anilines is 6. The normalized spacial score (nSPS) is 13.9. The van der Waals surface area contributed by atoms with E-state index in [0.29, 0.717) is 5.92 Å². The number of allylic oxidation sites excluding steroid dienone is 1. The summed E-state index contributed by atoms with van der Waals surface area (Å²) in [6, 6.07) is 53.2. The fourth-order valence-electron chi connectivity index (χ4n) is 7.12. The van der Waals surface area contributed by atoms with Gasteiger partial charge in [-0.3, -0.25) is 0 Å². The molecule has 0 aliphatic heterocycles. The summed E-state index contributed by atoms with van der Waals surface area (Å²) in [5.41, 5.74) is 12.3. The maximum Gasteiger partial charge on any atom is 0.0546 e. The Labute approximate surface area is 277 Å². The van der Waals surface area contributed by atoms with Gasteiger partial charge in [-0.15, -0.1) is 0 Å². The SMILES string of the molecule is Cc1ccc(N(c2ccccc2)c2cc3c(cc(N(c4ccccc4)c4ccc(C)cc4)c4ccccc43)c3c2CC(C)C=C3)cc1. The Hall–Kier alpha value is -5.60. The Morgan fingerprint density at radius 3 is 1.51 bits per heavy atom. The smallest absolute Gasteiger partial charge is 0.0546 e. The first-order chi connectivity index (χ1) is 23.0. The topological polar surface area (TPSA) is 6.48 Å². The van der Waals surface area contributed by atoms with Crippen molar-refractivity contribution < 1.29 is 0 Å². The first-order valence-electron chi connectivity index (χ1n) is 16.6. The van der Waals surface area contributed by atoms with Crippen molar-refractivity contribution in [2.45, 2.75) is 27.2 Å². The molecule has 0 saturated heterocycles. The summed E-state index contributed by atoms with van der Waals surface area (Å²) in [5.74, 6) is 0.447. The number of nitrogens with zero attached hydrogens (tertiary/aromatic N) is 2. The van der Waals surface area contributed by atoms with Crippen LogP contribution in [0.4, 0.5) is 34.1 Å². The average Bonchev–Trinajstić information content (AvgIpc) is 3.11. The highest BCUT2D eigenvalue weighted by atomic mass is 15.2. The highest BCUT2D eigenvalue weighted by Crippen LogP contribution is 2.48. The average molecular weight is 607 g/mol. The second kappa shape index (κ2) is 12.0. The van der Waals surface area contributed by atoms with Crippen molar-refractivity contribution in [3.05, 3.63) is 174 Å². The number of aryl methyl sites for hydroxylation is 2. The highest BCUT2D eigenvalue weighted by molar-refractivity contribution is 6.18. The second-order valence-corrected chi connectivity index (χ2v) is 12.9. The predicted molar refractivity (Wildman–Crippen MR) is 202 cm³/mol. The molecule has 8 rings (SSSR count). The lowest BCUT2D eigenvalue weighted by atomic mass is 9.84. The van der Waals surface area contributed by atoms with Gasteiger partial charge in [0.1, 0.15) is 0 Å². The van der Waals surface area contributed by atoms with Crippen molar-refractivity contribution in [1.29, 1.82) is 0 Å². The van der Waals surface area contributed by atoms with Crippen molar-refractivity contribution in [1.82, 2.24) is 0 Å². The number of hydrogen-bond donors (Lipinski definition) is 0. The molecule has 1 aliphatic rings. The van der Waals surface area contributed by atoms with Crippen LogP contribution in [0.3, 0.4) is 0 Å². The molecule has 0 spiro atoms. The number of hydrogen-bond acceptors (Lipinski definition) is 2. The van der Waals surface area contributed by atoms with Crippen LogP contribution in [0.5, 0.6) is 0 Å². The molecule has 0 saturated carbocycles. The van der Waals surface area contributed by atoms with Crippen molar-refractivity contribution in [2.75, 3.05) is 9.80 Å². The van der Waals surface area contributed by atoms with Crippen LogP contribution < -0.4 is 9.80 Å². The van der Waals surface area contributed by atoms with E-state index in [9.17, 15) is 0 Å². The summed E-state index contributed by atoms with van der Waals surface area (Å²) in [4.78, 5) is 4.87. The largest absolute Gasteiger partial charge is 0.310 e. The minimum atomic E-state index is 0.447. The molecule has 0 aromatic heterocycles. The molecule has 0 bridgehead atoms. The standard InChI is InChI=1S/C45H38N2/c1-31-18-23-36(24-19-31)46(34-12-6-4-7-13-34)44-29-42-39-27-22-33(3)28-43(39)45(30-41(42)38-16-10-11-17-40(38)44)47(35-14-8-5-9-15-35)37-25-20-32(2)21-26-37/h4-27,29-30,33H,28H2,1-3H3. The van der Waals surface area contributed by atoms with Crippen molar-refractivity contribution in [3.8, 4) is 0 Å². The molecule has 1 aliphatic carbocycles. The predicted octanol–water partition coefficient (Wildman–Crippen LogP) is 12.8. The molecule has 7 aromatic rings. The van der Waals surface area contributed by atoms with Crippen LogP contribution in [0.25, 0.3) is 27.6 Å². The van der Waals surface area contributed by atoms with E-state index in [-0.39, 0.29) is 0 Å². The van der Waals surface area contributed by atoms with E-state index in [0.717, 1.165) is 23.5 Å². The molecule has 0 radical (unpaired) electrons. The first kappa shape index (κ1) is 28.8. The maximum absolute atomic E-state index is 2.46. The summed E-state index contributed by atoms with van der Waals surface area (Å²) in [7, 11) is 0. The van der Waals surface area contributed by atoms with Gasteiger partial charge in [0.25, 0.3) is 0 Å². The molecule has 0 amide bonds. The third-order valence-electron chi connectivity index (χ3n) is 9.48. The van der Waals surface area contributed by atoms with E-state index in [2.05, 4.69) is 188 Å². The van der Waals surface area contributed by atoms with Gasteiger partial charge in [0.05, 0.1) is 11.4 Å². The maximum atomic E-state index is 2.46. The summed E-state index contributed by atoms with van der Waals surface area (Å²) in [6.45, 7) is 6.63. The fraction of sp³-hybridized carbons (Fsp3) is 0.111. The van der Waals surface area contributed by atoms with Gasteiger partial charge in [0.15, 0.2) is 0 Å². The van der Waals surface area contributed by atoms with Crippen LogP contribution in [0.2, 0.25) is 0 Å². The number of fused-ring (bicyclic) bond motifs is 5. The molecule has 2 heteroatoms. The molecule has 0 fully saturated rings. The van der Waals surface area contributed by atoms with Gasteiger partial charge in [-0.05, 0) is 114 Å². The van der Waals surface area contributed by atoms with Crippen LogP contribution >= 0.6 is 0 Å². The van der Waals surface area contributed by atoms with Crippen LogP contribution in [-0.2, 0) is 6.42 Å². The van der Waals surface area contributed by atoms with Gasteiger partial charge < -0.3 is 9.80 Å². The molecule has 47 heavy (non-hydrogen) atoms. The van der Waals surface area contributed by atoms with Gasteiger partial charge in [-0.1, -0.05) is 115 Å². The molecule has 0 heterocycles. The molecule has 228 valence electrons.